The largest absolute Gasteiger partial charge is 0.378 e. The van der Waals surface area contributed by atoms with Crippen LogP contribution in [0.4, 0.5) is 5.69 Å². The number of anilines is 1. The monoisotopic (exact) mass is 397 g/mol. The molecule has 1 aromatic heterocycles. The van der Waals surface area contributed by atoms with Crippen molar-refractivity contribution < 1.29 is 9.59 Å². The molecular formula is C21H27N5O3. The molecule has 154 valence electrons. The number of aromatic amines is 1. The van der Waals surface area contributed by atoms with Crippen molar-refractivity contribution in [2.24, 2.45) is 5.92 Å². The molecule has 2 amide bonds. The van der Waals surface area contributed by atoms with Gasteiger partial charge in [-0.3, -0.25) is 14.4 Å². The van der Waals surface area contributed by atoms with E-state index in [1.807, 2.05) is 43.3 Å². The lowest BCUT2D eigenvalue weighted by molar-refractivity contribution is 0.0901. The molecule has 0 saturated heterocycles. The van der Waals surface area contributed by atoms with Crippen LogP contribution in [0.15, 0.2) is 41.6 Å². The number of rotatable bonds is 6. The van der Waals surface area contributed by atoms with Gasteiger partial charge in [0.15, 0.2) is 0 Å². The maximum absolute atomic E-state index is 12.5. The molecule has 8 heteroatoms. The van der Waals surface area contributed by atoms with Gasteiger partial charge < -0.3 is 20.5 Å². The molecule has 2 atom stereocenters. The number of carbonyl (C=O) groups is 2. The Morgan fingerprint density at radius 1 is 1.17 bits per heavy atom. The summed E-state index contributed by atoms with van der Waals surface area (Å²) in [5.74, 6) is -0.247. The average molecular weight is 397 g/mol. The van der Waals surface area contributed by atoms with E-state index in [2.05, 4.69) is 20.6 Å². The van der Waals surface area contributed by atoms with E-state index < -0.39 is 11.5 Å². The second kappa shape index (κ2) is 9.36. The van der Waals surface area contributed by atoms with E-state index in [0.717, 1.165) is 31.4 Å². The van der Waals surface area contributed by atoms with E-state index in [-0.39, 0.29) is 23.4 Å². The zero-order valence-corrected chi connectivity index (χ0v) is 16.8. The number of nitrogens with one attached hydrogen (secondary N) is 3. The summed E-state index contributed by atoms with van der Waals surface area (Å²) in [7, 11) is 3.92. The molecule has 0 unspecified atom stereocenters. The second-order valence-corrected chi connectivity index (χ2v) is 7.65. The first-order valence-corrected chi connectivity index (χ1v) is 9.83. The van der Waals surface area contributed by atoms with Crippen molar-refractivity contribution in [2.45, 2.75) is 31.7 Å². The van der Waals surface area contributed by atoms with Crippen LogP contribution in [0.25, 0.3) is 0 Å². The van der Waals surface area contributed by atoms with Gasteiger partial charge in [0.1, 0.15) is 5.56 Å². The van der Waals surface area contributed by atoms with E-state index in [0.29, 0.717) is 12.1 Å². The Morgan fingerprint density at radius 2 is 1.93 bits per heavy atom. The van der Waals surface area contributed by atoms with Crippen LogP contribution in [0.5, 0.6) is 0 Å². The molecule has 2 aromatic rings. The smallest absolute Gasteiger partial charge is 0.263 e. The van der Waals surface area contributed by atoms with Crippen molar-refractivity contribution in [3.8, 4) is 0 Å². The molecule has 29 heavy (non-hydrogen) atoms. The van der Waals surface area contributed by atoms with Crippen LogP contribution in [-0.2, 0) is 0 Å². The molecule has 1 fully saturated rings. The van der Waals surface area contributed by atoms with Crippen molar-refractivity contribution >= 4 is 17.5 Å². The molecule has 3 N–H and O–H groups in total. The van der Waals surface area contributed by atoms with E-state index >= 15 is 0 Å². The van der Waals surface area contributed by atoms with Gasteiger partial charge in [0.05, 0.1) is 6.33 Å². The lowest BCUT2D eigenvalue weighted by Crippen LogP contribution is -2.41. The minimum Gasteiger partial charge on any atom is -0.378 e. The van der Waals surface area contributed by atoms with E-state index in [9.17, 15) is 14.4 Å². The van der Waals surface area contributed by atoms with Crippen LogP contribution < -0.4 is 21.1 Å². The van der Waals surface area contributed by atoms with Gasteiger partial charge in [0, 0.05) is 44.1 Å². The molecule has 0 radical (unpaired) electrons. The Morgan fingerprint density at radius 3 is 2.62 bits per heavy atom. The average Bonchev–Trinajstić information content (AvgIpc) is 2.72. The summed E-state index contributed by atoms with van der Waals surface area (Å²) in [5.41, 5.74) is 1.24. The molecule has 1 aliphatic carbocycles. The topological polar surface area (TPSA) is 107 Å². The summed E-state index contributed by atoms with van der Waals surface area (Å²) in [6.07, 6.45) is 6.20. The third kappa shape index (κ3) is 5.43. The summed E-state index contributed by atoms with van der Waals surface area (Å²) in [5, 5.41) is 5.93. The SMILES string of the molecule is CN(C)c1ccc(C(=O)N[C@H]2CCC[C@@H](CNC(=O)c3cnc[nH]c3=O)C2)cc1. The third-order valence-electron chi connectivity index (χ3n) is 5.28. The Bertz CT molecular complexity index is 907. The lowest BCUT2D eigenvalue weighted by Gasteiger charge is -2.30. The highest BCUT2D eigenvalue weighted by Gasteiger charge is 2.24. The number of benzene rings is 1. The van der Waals surface area contributed by atoms with Crippen LogP contribution in [-0.4, -0.2) is 48.5 Å². The van der Waals surface area contributed by atoms with Crippen molar-refractivity contribution in [2.75, 3.05) is 25.5 Å². The Kier molecular flexibility index (Phi) is 6.64. The number of carbonyl (C=O) groups excluding carboxylic acids is 2. The van der Waals surface area contributed by atoms with Gasteiger partial charge in [-0.15, -0.1) is 0 Å². The molecule has 1 aliphatic rings. The van der Waals surface area contributed by atoms with Gasteiger partial charge in [0.2, 0.25) is 0 Å². The van der Waals surface area contributed by atoms with Gasteiger partial charge in [-0.2, -0.15) is 0 Å². The van der Waals surface area contributed by atoms with Crippen LogP contribution in [0.3, 0.4) is 0 Å². The highest BCUT2D eigenvalue weighted by Crippen LogP contribution is 2.24. The van der Waals surface area contributed by atoms with Crippen LogP contribution in [0, 0.1) is 5.92 Å². The normalized spacial score (nSPS) is 18.7. The quantitative estimate of drug-likeness (QED) is 0.686. The van der Waals surface area contributed by atoms with Gasteiger partial charge in [-0.25, -0.2) is 4.98 Å². The number of amides is 2. The van der Waals surface area contributed by atoms with Gasteiger partial charge in [-0.05, 0) is 49.4 Å². The maximum Gasteiger partial charge on any atom is 0.263 e. The fraction of sp³-hybridized carbons (Fsp3) is 0.429. The lowest BCUT2D eigenvalue weighted by atomic mass is 9.85. The first-order chi connectivity index (χ1) is 13.9. The molecule has 0 spiro atoms. The summed E-state index contributed by atoms with van der Waals surface area (Å²) in [6, 6.07) is 7.59. The van der Waals surface area contributed by atoms with Crippen molar-refractivity contribution in [1.29, 1.82) is 0 Å². The summed E-state index contributed by atoms with van der Waals surface area (Å²) in [6.45, 7) is 0.469. The van der Waals surface area contributed by atoms with Crippen molar-refractivity contribution in [3.63, 3.8) is 0 Å². The minimum absolute atomic E-state index is 0.00864. The highest BCUT2D eigenvalue weighted by molar-refractivity contribution is 5.95. The number of hydrogen-bond donors (Lipinski definition) is 3. The number of H-pyrrole nitrogens is 1. The van der Waals surface area contributed by atoms with Crippen molar-refractivity contribution in [3.05, 3.63) is 58.3 Å². The molecule has 0 bridgehead atoms. The summed E-state index contributed by atoms with van der Waals surface area (Å²) >= 11 is 0. The fourth-order valence-corrected chi connectivity index (χ4v) is 3.63. The molecule has 1 saturated carbocycles. The van der Waals surface area contributed by atoms with Gasteiger partial charge >= 0.3 is 0 Å². The number of aromatic nitrogens is 2. The molecule has 0 aliphatic heterocycles. The zero-order valence-electron chi connectivity index (χ0n) is 16.8. The molecule has 1 aromatic carbocycles. The molecule has 1 heterocycles. The first-order valence-electron chi connectivity index (χ1n) is 9.83. The van der Waals surface area contributed by atoms with Crippen LogP contribution in [0.2, 0.25) is 0 Å². The first kappa shape index (κ1) is 20.6. The van der Waals surface area contributed by atoms with Crippen LogP contribution in [0.1, 0.15) is 46.4 Å². The number of nitrogens with zero attached hydrogens (tertiary/aromatic N) is 2. The Labute approximate surface area is 169 Å². The number of hydrogen-bond acceptors (Lipinski definition) is 5. The predicted molar refractivity (Wildman–Crippen MR) is 111 cm³/mol. The minimum atomic E-state index is -0.452. The molecule has 3 rings (SSSR count). The summed E-state index contributed by atoms with van der Waals surface area (Å²) < 4.78 is 0. The van der Waals surface area contributed by atoms with Gasteiger partial charge in [-0.1, -0.05) is 6.42 Å². The van der Waals surface area contributed by atoms with E-state index in [1.54, 1.807) is 0 Å². The molecule has 8 nitrogen and oxygen atoms in total. The maximum atomic E-state index is 12.5. The third-order valence-corrected chi connectivity index (χ3v) is 5.28. The van der Waals surface area contributed by atoms with E-state index in [1.165, 1.54) is 12.5 Å². The zero-order chi connectivity index (χ0) is 20.8. The molecular weight excluding hydrogens is 370 g/mol. The standard InChI is InChI=1S/C21H27N5O3/c1-26(2)17-8-6-15(7-9-17)19(27)25-16-5-3-4-14(10-16)11-23-20(28)18-12-22-13-24-21(18)29/h6-9,12-14,16H,3-5,10-11H2,1-2H3,(H,23,28)(H,25,27)(H,22,24,29)/t14-,16+/m1/s1. The second-order valence-electron chi connectivity index (χ2n) is 7.65. The van der Waals surface area contributed by atoms with Crippen molar-refractivity contribution in [1.82, 2.24) is 20.6 Å². The fourth-order valence-electron chi connectivity index (χ4n) is 3.63. The van der Waals surface area contributed by atoms with E-state index in [4.69, 9.17) is 0 Å². The Hall–Kier alpha value is -3.16. The Balaban J connectivity index is 1.51. The summed E-state index contributed by atoms with van der Waals surface area (Å²) in [4.78, 5) is 44.6. The van der Waals surface area contributed by atoms with Crippen LogP contribution >= 0.6 is 0 Å². The highest BCUT2D eigenvalue weighted by atomic mass is 16.2. The predicted octanol–water partition coefficient (Wildman–Crippen LogP) is 1.55. The van der Waals surface area contributed by atoms with Gasteiger partial charge in [0.25, 0.3) is 17.4 Å².